The second kappa shape index (κ2) is 14.3. The molecule has 1 aliphatic rings. The van der Waals surface area contributed by atoms with E-state index >= 15 is 0 Å². The van der Waals surface area contributed by atoms with Crippen LogP contribution in [0.5, 0.6) is 17.2 Å². The third-order valence-corrected chi connectivity index (χ3v) is 9.22. The van der Waals surface area contributed by atoms with E-state index in [0.29, 0.717) is 61.3 Å². The molecule has 1 aliphatic heterocycles. The highest BCUT2D eigenvalue weighted by molar-refractivity contribution is 7.07. The molecule has 2 heterocycles. The molecule has 0 radical (unpaired) electrons. The summed E-state index contributed by atoms with van der Waals surface area (Å²) in [5.41, 5.74) is 5.19. The predicted molar refractivity (Wildman–Crippen MR) is 190 cm³/mol. The molecule has 0 bridgehead atoms. The third-order valence-electron chi connectivity index (χ3n) is 8.23. The second-order valence-electron chi connectivity index (χ2n) is 11.6. The molecule has 1 N–H and O–H groups in total. The van der Waals surface area contributed by atoms with Crippen molar-refractivity contribution >= 4 is 29.0 Å². The SMILES string of the molecule is CCOc1cc(/C=c2/sc3n(c2=O)[C@@H](c2ccc(OC)cc2)C(C(=O)Nc2ccc(C)cc2C)=C(C)N=3)ccc1OCc1ccccc1F. The van der Waals surface area contributed by atoms with Gasteiger partial charge in [0.05, 0.1) is 35.6 Å². The first-order valence-electron chi connectivity index (χ1n) is 15.8. The van der Waals surface area contributed by atoms with Gasteiger partial charge in [-0.05, 0) is 86.9 Å². The molecule has 5 aromatic rings. The number of rotatable bonds is 10. The molecular weight excluding hydrogens is 642 g/mol. The van der Waals surface area contributed by atoms with E-state index < -0.39 is 6.04 Å². The van der Waals surface area contributed by atoms with Crippen LogP contribution in [-0.2, 0) is 11.4 Å². The number of nitrogens with zero attached hydrogens (tertiary/aromatic N) is 2. The van der Waals surface area contributed by atoms with E-state index in [1.165, 1.54) is 17.4 Å². The number of nitrogens with one attached hydrogen (secondary N) is 1. The minimum atomic E-state index is -0.733. The van der Waals surface area contributed by atoms with E-state index in [2.05, 4.69) is 5.32 Å². The van der Waals surface area contributed by atoms with E-state index in [4.69, 9.17) is 19.2 Å². The Kier molecular flexibility index (Phi) is 9.77. The Morgan fingerprint density at radius 2 is 1.76 bits per heavy atom. The number of methoxy groups -OCH3 is 1. The number of amides is 1. The lowest BCUT2D eigenvalue weighted by atomic mass is 9.95. The van der Waals surface area contributed by atoms with Gasteiger partial charge in [0.15, 0.2) is 16.3 Å². The van der Waals surface area contributed by atoms with Crippen LogP contribution in [0.4, 0.5) is 10.1 Å². The van der Waals surface area contributed by atoms with Gasteiger partial charge in [-0.1, -0.05) is 65.4 Å². The summed E-state index contributed by atoms with van der Waals surface area (Å²) in [6, 6.07) is 24.2. The Bertz CT molecular complexity index is 2260. The summed E-state index contributed by atoms with van der Waals surface area (Å²) in [5, 5.41) is 3.06. The molecule has 0 saturated heterocycles. The number of hydrogen-bond donors (Lipinski definition) is 1. The van der Waals surface area contributed by atoms with Crippen LogP contribution in [-0.4, -0.2) is 24.2 Å². The van der Waals surface area contributed by atoms with Crippen molar-refractivity contribution in [3.05, 3.63) is 150 Å². The minimum absolute atomic E-state index is 0.0365. The number of thiazole rings is 1. The summed E-state index contributed by atoms with van der Waals surface area (Å²) in [6.07, 6.45) is 1.77. The van der Waals surface area contributed by atoms with E-state index in [-0.39, 0.29) is 23.9 Å². The molecule has 10 heteroatoms. The van der Waals surface area contributed by atoms with Crippen molar-refractivity contribution in [1.29, 1.82) is 0 Å². The molecule has 6 rings (SSSR count). The first-order chi connectivity index (χ1) is 23.7. The topological polar surface area (TPSA) is 91.2 Å². The van der Waals surface area contributed by atoms with Crippen molar-refractivity contribution in [2.75, 3.05) is 19.0 Å². The number of allylic oxidation sites excluding steroid dienone is 1. The molecule has 0 fully saturated rings. The number of fused-ring (bicyclic) bond motifs is 1. The lowest BCUT2D eigenvalue weighted by Crippen LogP contribution is -2.40. The lowest BCUT2D eigenvalue weighted by molar-refractivity contribution is -0.113. The summed E-state index contributed by atoms with van der Waals surface area (Å²) in [5.74, 6) is 0.901. The van der Waals surface area contributed by atoms with Gasteiger partial charge in [-0.25, -0.2) is 9.38 Å². The Morgan fingerprint density at radius 3 is 2.47 bits per heavy atom. The van der Waals surface area contributed by atoms with Crippen molar-refractivity contribution in [3.8, 4) is 17.2 Å². The molecule has 1 aromatic heterocycles. The molecule has 0 spiro atoms. The summed E-state index contributed by atoms with van der Waals surface area (Å²) < 4.78 is 33.4. The van der Waals surface area contributed by atoms with Gasteiger partial charge in [-0.3, -0.25) is 14.2 Å². The number of hydrogen-bond acceptors (Lipinski definition) is 7. The van der Waals surface area contributed by atoms with Crippen LogP contribution in [0.15, 0.2) is 106 Å². The van der Waals surface area contributed by atoms with Gasteiger partial charge in [0.2, 0.25) is 0 Å². The molecule has 8 nitrogen and oxygen atoms in total. The van der Waals surface area contributed by atoms with Gasteiger partial charge in [-0.15, -0.1) is 0 Å². The van der Waals surface area contributed by atoms with Crippen molar-refractivity contribution in [3.63, 3.8) is 0 Å². The van der Waals surface area contributed by atoms with Crippen molar-refractivity contribution in [2.24, 2.45) is 4.99 Å². The fraction of sp³-hybridized carbons (Fsp3) is 0.205. The minimum Gasteiger partial charge on any atom is -0.497 e. The second-order valence-corrected chi connectivity index (χ2v) is 12.7. The van der Waals surface area contributed by atoms with Crippen LogP contribution >= 0.6 is 11.3 Å². The molecule has 0 saturated carbocycles. The number of benzene rings is 4. The summed E-state index contributed by atoms with van der Waals surface area (Å²) in [6.45, 7) is 8.01. The van der Waals surface area contributed by atoms with Crippen molar-refractivity contribution in [1.82, 2.24) is 4.57 Å². The Labute approximate surface area is 287 Å². The zero-order valence-electron chi connectivity index (χ0n) is 27.9. The summed E-state index contributed by atoms with van der Waals surface area (Å²) in [7, 11) is 1.59. The lowest BCUT2D eigenvalue weighted by Gasteiger charge is -2.25. The fourth-order valence-corrected chi connectivity index (χ4v) is 6.83. The molecule has 250 valence electrons. The highest BCUT2D eigenvalue weighted by Crippen LogP contribution is 2.33. The number of halogens is 1. The first kappa shape index (κ1) is 33.4. The van der Waals surface area contributed by atoms with E-state index in [0.717, 1.165) is 16.7 Å². The average molecular weight is 678 g/mol. The van der Waals surface area contributed by atoms with Gasteiger partial charge < -0.3 is 19.5 Å². The van der Waals surface area contributed by atoms with Crippen LogP contribution in [0.2, 0.25) is 0 Å². The Morgan fingerprint density at radius 1 is 0.980 bits per heavy atom. The maximum atomic E-state index is 14.2. The Balaban J connectivity index is 1.40. The van der Waals surface area contributed by atoms with Gasteiger partial charge in [0.25, 0.3) is 11.5 Å². The standard InChI is InChI=1S/C39H36FN3O5S/c1-6-47-33-20-26(12-18-32(33)48-22-28-9-7-8-10-30(28)40)21-34-38(45)43-36(27-13-15-29(46-5)16-14-27)35(25(4)41-39(43)49-34)37(44)42-31-17-11-23(2)19-24(31)3/h7-21,36H,6,22H2,1-5H3,(H,42,44)/b34-21+/t36-/m0/s1. The monoisotopic (exact) mass is 677 g/mol. The van der Waals surface area contributed by atoms with Gasteiger partial charge in [-0.2, -0.15) is 0 Å². The van der Waals surface area contributed by atoms with Crippen molar-refractivity contribution < 1.29 is 23.4 Å². The smallest absolute Gasteiger partial charge is 0.271 e. The Hall–Kier alpha value is -5.48. The zero-order chi connectivity index (χ0) is 34.7. The largest absolute Gasteiger partial charge is 0.497 e. The van der Waals surface area contributed by atoms with Crippen LogP contribution < -0.4 is 34.4 Å². The summed E-state index contributed by atoms with van der Waals surface area (Å²) in [4.78, 5) is 33.5. The molecule has 1 amide bonds. The molecule has 0 unspecified atom stereocenters. The maximum absolute atomic E-state index is 14.2. The third kappa shape index (κ3) is 7.05. The highest BCUT2D eigenvalue weighted by atomic mass is 32.1. The highest BCUT2D eigenvalue weighted by Gasteiger charge is 2.32. The first-order valence-corrected chi connectivity index (χ1v) is 16.7. The van der Waals surface area contributed by atoms with Crippen LogP contribution in [0.25, 0.3) is 6.08 Å². The number of ether oxygens (including phenoxy) is 3. The number of carbonyl (C=O) groups excluding carboxylic acids is 1. The van der Waals surface area contributed by atoms with Gasteiger partial charge >= 0.3 is 0 Å². The van der Waals surface area contributed by atoms with Crippen LogP contribution in [0.1, 0.15) is 47.7 Å². The van der Waals surface area contributed by atoms with E-state index in [1.807, 2.05) is 69.3 Å². The van der Waals surface area contributed by atoms with Gasteiger partial charge in [0.1, 0.15) is 18.2 Å². The van der Waals surface area contributed by atoms with Crippen LogP contribution in [0, 0.1) is 19.7 Å². The number of carbonyl (C=O) groups is 1. The number of aromatic nitrogens is 1. The molecular formula is C39H36FN3O5S. The van der Waals surface area contributed by atoms with Crippen molar-refractivity contribution in [2.45, 2.75) is 40.3 Å². The molecule has 49 heavy (non-hydrogen) atoms. The normalized spacial score (nSPS) is 14.2. The zero-order valence-corrected chi connectivity index (χ0v) is 28.7. The predicted octanol–water partition coefficient (Wildman–Crippen LogP) is 6.62. The number of anilines is 1. The van der Waals surface area contributed by atoms with Crippen LogP contribution in [0.3, 0.4) is 0 Å². The number of aryl methyl sites for hydroxylation is 2. The van der Waals surface area contributed by atoms with E-state index in [1.54, 1.807) is 55.0 Å². The fourth-order valence-electron chi connectivity index (χ4n) is 5.78. The molecule has 0 aliphatic carbocycles. The average Bonchev–Trinajstić information content (AvgIpc) is 3.39. The van der Waals surface area contributed by atoms with Gasteiger partial charge in [0, 0.05) is 11.3 Å². The molecule has 1 atom stereocenters. The van der Waals surface area contributed by atoms with E-state index in [9.17, 15) is 14.0 Å². The quantitative estimate of drug-likeness (QED) is 0.180. The summed E-state index contributed by atoms with van der Waals surface area (Å²) >= 11 is 1.24. The maximum Gasteiger partial charge on any atom is 0.271 e. The molecule has 4 aromatic carbocycles.